The molecule has 8 nitrogen and oxygen atoms in total. The third-order valence-corrected chi connectivity index (χ3v) is 5.45. The Labute approximate surface area is 186 Å². The van der Waals surface area contributed by atoms with E-state index in [9.17, 15) is 23.7 Å². The lowest BCUT2D eigenvalue weighted by Crippen LogP contribution is -2.51. The Hall–Kier alpha value is -2.42. The average molecular weight is 455 g/mol. The Balaban J connectivity index is 2.97. The molecule has 0 aromatic heterocycles. The molecule has 0 aliphatic carbocycles. The molecule has 0 aliphatic rings. The van der Waals surface area contributed by atoms with Gasteiger partial charge in [0.05, 0.1) is 11.8 Å². The van der Waals surface area contributed by atoms with Crippen LogP contribution in [0.2, 0.25) is 0 Å². The molecule has 174 valence electrons. The topological polar surface area (TPSA) is 113 Å². The Morgan fingerprint density at radius 2 is 1.68 bits per heavy atom. The zero-order chi connectivity index (χ0) is 23.8. The monoisotopic (exact) mass is 454 g/mol. The quantitative estimate of drug-likeness (QED) is 0.593. The van der Waals surface area contributed by atoms with Crippen molar-refractivity contribution < 1.29 is 28.4 Å². The van der Waals surface area contributed by atoms with Crippen LogP contribution in [0.25, 0.3) is 0 Å². The maximum Gasteiger partial charge on any atom is 0.408 e. The Morgan fingerprint density at radius 1 is 1.10 bits per heavy atom. The van der Waals surface area contributed by atoms with Gasteiger partial charge in [-0.3, -0.25) is 13.8 Å². The SMILES string of the molecule is CC(C)(C)OC(=O)NCS(=O)CC(Cc1ccccc1)C(=O)N(CC(=O)O)C(C)(C)C. The van der Waals surface area contributed by atoms with Crippen molar-refractivity contribution in [3.05, 3.63) is 35.9 Å². The number of carbonyl (C=O) groups excluding carboxylic acids is 2. The summed E-state index contributed by atoms with van der Waals surface area (Å²) in [4.78, 5) is 37.8. The molecule has 0 fully saturated rings. The predicted molar refractivity (Wildman–Crippen MR) is 120 cm³/mol. The number of amides is 2. The molecular formula is C22H34N2O6S. The molecule has 9 heteroatoms. The lowest BCUT2D eigenvalue weighted by molar-refractivity contribution is -0.150. The molecule has 0 saturated heterocycles. The van der Waals surface area contributed by atoms with Gasteiger partial charge in [0.2, 0.25) is 5.91 Å². The van der Waals surface area contributed by atoms with Crippen LogP contribution in [0, 0.1) is 5.92 Å². The first-order valence-electron chi connectivity index (χ1n) is 10.1. The number of hydrogen-bond acceptors (Lipinski definition) is 5. The van der Waals surface area contributed by atoms with Crippen molar-refractivity contribution in [2.75, 3.05) is 18.2 Å². The Bertz CT molecular complexity index is 783. The van der Waals surface area contributed by atoms with Gasteiger partial charge < -0.3 is 20.1 Å². The van der Waals surface area contributed by atoms with E-state index in [-0.39, 0.29) is 17.5 Å². The summed E-state index contributed by atoms with van der Waals surface area (Å²) in [5, 5.41) is 11.7. The molecule has 0 heterocycles. The molecule has 0 spiro atoms. The van der Waals surface area contributed by atoms with Crippen molar-refractivity contribution in [1.29, 1.82) is 0 Å². The van der Waals surface area contributed by atoms with Gasteiger partial charge in [-0.05, 0) is 53.5 Å². The lowest BCUT2D eigenvalue weighted by atomic mass is 9.96. The lowest BCUT2D eigenvalue weighted by Gasteiger charge is -2.37. The standard InChI is InChI=1S/C22H34N2O6S/c1-21(2,3)24(13-18(25)26)19(27)17(12-16-10-8-7-9-11-16)14-31(29)15-23-20(28)30-22(4,5)6/h7-11,17H,12-15H2,1-6H3,(H,23,28)(H,25,26). The van der Waals surface area contributed by atoms with E-state index in [1.54, 1.807) is 41.5 Å². The van der Waals surface area contributed by atoms with Gasteiger partial charge in [-0.25, -0.2) is 4.79 Å². The van der Waals surface area contributed by atoms with Crippen molar-refractivity contribution in [3.8, 4) is 0 Å². The highest BCUT2D eigenvalue weighted by atomic mass is 32.2. The molecular weight excluding hydrogens is 420 g/mol. The third-order valence-electron chi connectivity index (χ3n) is 4.21. The number of carboxylic acid groups (broad SMARTS) is 1. The number of carbonyl (C=O) groups is 3. The average Bonchev–Trinajstić information content (AvgIpc) is 2.62. The van der Waals surface area contributed by atoms with E-state index in [2.05, 4.69) is 5.32 Å². The van der Waals surface area contributed by atoms with E-state index in [0.29, 0.717) is 6.42 Å². The van der Waals surface area contributed by atoms with E-state index in [1.165, 1.54) is 4.90 Å². The minimum atomic E-state index is -1.56. The largest absolute Gasteiger partial charge is 0.480 e. The summed E-state index contributed by atoms with van der Waals surface area (Å²) in [5.41, 5.74) is -0.524. The highest BCUT2D eigenvalue weighted by molar-refractivity contribution is 7.84. The normalized spacial score (nSPS) is 13.7. The first-order chi connectivity index (χ1) is 14.2. The Morgan fingerprint density at radius 3 is 2.16 bits per heavy atom. The van der Waals surface area contributed by atoms with Crippen LogP contribution in [0.3, 0.4) is 0 Å². The second-order valence-corrected chi connectivity index (χ2v) is 10.8. The summed E-state index contributed by atoms with van der Waals surface area (Å²) in [6.45, 7) is 10.00. The van der Waals surface area contributed by atoms with E-state index in [4.69, 9.17) is 4.74 Å². The number of ether oxygens (including phenoxy) is 1. The number of rotatable bonds is 9. The molecule has 1 aromatic rings. The number of nitrogens with one attached hydrogen (secondary N) is 1. The van der Waals surface area contributed by atoms with Crippen LogP contribution in [-0.4, -0.2) is 61.5 Å². The maximum absolute atomic E-state index is 13.3. The van der Waals surface area contributed by atoms with Gasteiger partial charge >= 0.3 is 12.1 Å². The van der Waals surface area contributed by atoms with Crippen LogP contribution in [-0.2, 0) is 31.5 Å². The maximum atomic E-state index is 13.3. The van der Waals surface area contributed by atoms with Gasteiger partial charge in [0, 0.05) is 22.1 Å². The fourth-order valence-corrected chi connectivity index (χ4v) is 3.96. The molecule has 31 heavy (non-hydrogen) atoms. The highest BCUT2D eigenvalue weighted by Crippen LogP contribution is 2.20. The molecule has 1 rings (SSSR count). The zero-order valence-electron chi connectivity index (χ0n) is 19.1. The van der Waals surface area contributed by atoms with Gasteiger partial charge in [-0.2, -0.15) is 0 Å². The molecule has 2 amide bonds. The van der Waals surface area contributed by atoms with Crippen LogP contribution in [0.4, 0.5) is 4.79 Å². The number of alkyl carbamates (subject to hydrolysis) is 1. The Kier molecular flexibility index (Phi) is 9.68. The molecule has 2 atom stereocenters. The van der Waals surface area contributed by atoms with Gasteiger partial charge in [0.1, 0.15) is 12.1 Å². The number of nitrogens with zero attached hydrogens (tertiary/aromatic N) is 1. The summed E-state index contributed by atoms with van der Waals surface area (Å²) in [5.74, 6) is -2.39. The molecule has 0 aliphatic heterocycles. The molecule has 2 unspecified atom stereocenters. The van der Waals surface area contributed by atoms with Crippen LogP contribution < -0.4 is 5.32 Å². The summed E-state index contributed by atoms with van der Waals surface area (Å²) in [7, 11) is -1.56. The van der Waals surface area contributed by atoms with Crippen LogP contribution >= 0.6 is 0 Å². The summed E-state index contributed by atoms with van der Waals surface area (Å²) >= 11 is 0. The first kappa shape index (κ1) is 26.6. The van der Waals surface area contributed by atoms with Crippen molar-refractivity contribution in [1.82, 2.24) is 10.2 Å². The predicted octanol–water partition coefficient (Wildman–Crippen LogP) is 2.79. The number of benzene rings is 1. The fraction of sp³-hybridized carbons (Fsp3) is 0.591. The van der Waals surface area contributed by atoms with E-state index >= 15 is 0 Å². The van der Waals surface area contributed by atoms with Crippen molar-refractivity contribution >= 4 is 28.8 Å². The molecule has 0 saturated carbocycles. The molecule has 0 radical (unpaired) electrons. The summed E-state index contributed by atoms with van der Waals surface area (Å²) in [6.07, 6.45) is -0.377. The van der Waals surface area contributed by atoms with Gasteiger partial charge in [-0.15, -0.1) is 0 Å². The van der Waals surface area contributed by atoms with E-state index in [0.717, 1.165) is 5.56 Å². The van der Waals surface area contributed by atoms with E-state index < -0.39 is 46.5 Å². The number of aliphatic carboxylic acids is 1. The highest BCUT2D eigenvalue weighted by Gasteiger charge is 2.34. The molecule has 2 N–H and O–H groups in total. The van der Waals surface area contributed by atoms with Crippen LogP contribution in [0.15, 0.2) is 30.3 Å². The van der Waals surface area contributed by atoms with Gasteiger partial charge in [0.25, 0.3) is 0 Å². The summed E-state index contributed by atoms with van der Waals surface area (Å²) < 4.78 is 17.8. The van der Waals surface area contributed by atoms with Crippen molar-refractivity contribution in [3.63, 3.8) is 0 Å². The second-order valence-electron chi connectivity index (χ2n) is 9.31. The van der Waals surface area contributed by atoms with Gasteiger partial charge in [-0.1, -0.05) is 30.3 Å². The first-order valence-corrected chi connectivity index (χ1v) is 11.6. The van der Waals surface area contributed by atoms with E-state index in [1.807, 2.05) is 30.3 Å². The van der Waals surface area contributed by atoms with Crippen LogP contribution in [0.1, 0.15) is 47.1 Å². The van der Waals surface area contributed by atoms with Crippen LogP contribution in [0.5, 0.6) is 0 Å². The number of carboxylic acids is 1. The van der Waals surface area contributed by atoms with Crippen molar-refractivity contribution in [2.24, 2.45) is 5.92 Å². The summed E-state index contributed by atoms with van der Waals surface area (Å²) in [6, 6.07) is 9.27. The fourth-order valence-electron chi connectivity index (χ4n) is 2.85. The minimum Gasteiger partial charge on any atom is -0.480 e. The second kappa shape index (κ2) is 11.3. The third kappa shape index (κ3) is 10.4. The number of hydrogen-bond donors (Lipinski definition) is 2. The minimum absolute atomic E-state index is 0.0181. The van der Waals surface area contributed by atoms with Crippen molar-refractivity contribution in [2.45, 2.75) is 59.1 Å². The molecule has 1 aromatic carbocycles. The molecule has 0 bridgehead atoms. The smallest absolute Gasteiger partial charge is 0.408 e. The zero-order valence-corrected chi connectivity index (χ0v) is 20.0. The van der Waals surface area contributed by atoms with Gasteiger partial charge in [0.15, 0.2) is 0 Å².